The lowest BCUT2D eigenvalue weighted by Gasteiger charge is -2.08. The Labute approximate surface area is 123 Å². The van der Waals surface area contributed by atoms with Gasteiger partial charge in [-0.3, -0.25) is 0 Å². The SMILES string of the molecule is COc1cccc(OCc2cc3ccc(O)cc3n2C)c1. The van der Waals surface area contributed by atoms with Crippen LogP contribution in [0.3, 0.4) is 0 Å². The lowest BCUT2D eigenvalue weighted by atomic mass is 10.2. The molecular weight excluding hydrogens is 266 g/mol. The van der Waals surface area contributed by atoms with Gasteiger partial charge in [-0.1, -0.05) is 6.07 Å². The van der Waals surface area contributed by atoms with Gasteiger partial charge in [0.15, 0.2) is 0 Å². The van der Waals surface area contributed by atoms with Gasteiger partial charge < -0.3 is 19.1 Å². The molecule has 3 aromatic rings. The normalized spacial score (nSPS) is 10.8. The van der Waals surface area contributed by atoms with E-state index >= 15 is 0 Å². The molecule has 3 rings (SSSR count). The summed E-state index contributed by atoms with van der Waals surface area (Å²) in [6, 6.07) is 14.9. The summed E-state index contributed by atoms with van der Waals surface area (Å²) in [7, 11) is 3.60. The number of fused-ring (bicyclic) bond motifs is 1. The van der Waals surface area contributed by atoms with Gasteiger partial charge in [0.25, 0.3) is 0 Å². The van der Waals surface area contributed by atoms with Crippen LogP contribution in [0.25, 0.3) is 10.9 Å². The quantitative estimate of drug-likeness (QED) is 0.797. The molecule has 0 unspecified atom stereocenters. The number of aryl methyl sites for hydroxylation is 1. The summed E-state index contributed by atoms with van der Waals surface area (Å²) in [4.78, 5) is 0. The molecule has 0 spiro atoms. The summed E-state index contributed by atoms with van der Waals surface area (Å²) in [5, 5.41) is 10.7. The van der Waals surface area contributed by atoms with E-state index in [1.165, 1.54) is 0 Å². The topological polar surface area (TPSA) is 43.6 Å². The van der Waals surface area contributed by atoms with E-state index in [9.17, 15) is 5.11 Å². The molecule has 0 bridgehead atoms. The van der Waals surface area contributed by atoms with Crippen LogP contribution < -0.4 is 9.47 Å². The molecule has 1 N–H and O–H groups in total. The Morgan fingerprint density at radius 1 is 1.05 bits per heavy atom. The molecule has 0 saturated heterocycles. The highest BCUT2D eigenvalue weighted by atomic mass is 16.5. The second-order valence-corrected chi connectivity index (χ2v) is 4.91. The van der Waals surface area contributed by atoms with Crippen molar-refractivity contribution in [2.45, 2.75) is 6.61 Å². The Balaban J connectivity index is 1.83. The molecule has 4 nitrogen and oxygen atoms in total. The number of nitrogens with zero attached hydrogens (tertiary/aromatic N) is 1. The minimum absolute atomic E-state index is 0.268. The van der Waals surface area contributed by atoms with Crippen molar-refractivity contribution in [2.24, 2.45) is 7.05 Å². The van der Waals surface area contributed by atoms with Gasteiger partial charge in [0.05, 0.1) is 18.3 Å². The third-order valence-corrected chi connectivity index (χ3v) is 3.56. The minimum atomic E-state index is 0.268. The number of phenols is 1. The summed E-state index contributed by atoms with van der Waals surface area (Å²) >= 11 is 0. The summed E-state index contributed by atoms with van der Waals surface area (Å²) < 4.78 is 13.0. The lowest BCUT2D eigenvalue weighted by molar-refractivity contribution is 0.295. The molecule has 1 heterocycles. The smallest absolute Gasteiger partial charge is 0.128 e. The highest BCUT2D eigenvalue weighted by molar-refractivity contribution is 5.82. The van der Waals surface area contributed by atoms with Gasteiger partial charge >= 0.3 is 0 Å². The van der Waals surface area contributed by atoms with Crippen molar-refractivity contribution in [1.82, 2.24) is 4.57 Å². The molecule has 0 radical (unpaired) electrons. The summed E-state index contributed by atoms with van der Waals surface area (Å²) in [5.41, 5.74) is 2.03. The first-order valence-corrected chi connectivity index (χ1v) is 6.71. The Bertz CT molecular complexity index is 777. The predicted molar refractivity (Wildman–Crippen MR) is 81.9 cm³/mol. The Hall–Kier alpha value is -2.62. The number of aromatic nitrogens is 1. The molecular formula is C17H17NO3. The molecule has 0 atom stereocenters. The molecule has 0 aliphatic heterocycles. The Morgan fingerprint density at radius 2 is 1.86 bits per heavy atom. The molecule has 0 aliphatic rings. The lowest BCUT2D eigenvalue weighted by Crippen LogP contribution is -2.01. The van der Waals surface area contributed by atoms with Crippen LogP contribution in [0.15, 0.2) is 48.5 Å². The number of aromatic hydroxyl groups is 1. The van der Waals surface area contributed by atoms with E-state index in [4.69, 9.17) is 9.47 Å². The van der Waals surface area contributed by atoms with Gasteiger partial charge in [-0.15, -0.1) is 0 Å². The van der Waals surface area contributed by atoms with E-state index in [-0.39, 0.29) is 5.75 Å². The first-order chi connectivity index (χ1) is 10.2. The van der Waals surface area contributed by atoms with E-state index in [2.05, 4.69) is 6.07 Å². The number of hydrogen-bond acceptors (Lipinski definition) is 3. The maximum atomic E-state index is 9.57. The predicted octanol–water partition coefficient (Wildman–Crippen LogP) is 3.47. The van der Waals surface area contributed by atoms with Crippen molar-refractivity contribution in [3.8, 4) is 17.2 Å². The number of hydrogen-bond donors (Lipinski definition) is 1. The molecule has 0 aliphatic carbocycles. The van der Waals surface area contributed by atoms with E-state index < -0.39 is 0 Å². The Kier molecular flexibility index (Phi) is 3.44. The molecule has 2 aromatic carbocycles. The summed E-state index contributed by atoms with van der Waals surface area (Å²) in [6.07, 6.45) is 0. The van der Waals surface area contributed by atoms with Crippen LogP contribution in [0.5, 0.6) is 17.2 Å². The van der Waals surface area contributed by atoms with Crippen molar-refractivity contribution < 1.29 is 14.6 Å². The second kappa shape index (κ2) is 5.40. The van der Waals surface area contributed by atoms with Gasteiger partial charge in [0.1, 0.15) is 23.9 Å². The third-order valence-electron chi connectivity index (χ3n) is 3.56. The standard InChI is InChI=1S/C17H17NO3/c1-18-13(8-12-6-7-14(19)9-17(12)18)11-21-16-5-3-4-15(10-16)20-2/h3-10,19H,11H2,1-2H3. The van der Waals surface area contributed by atoms with Gasteiger partial charge in [0.2, 0.25) is 0 Å². The molecule has 0 fully saturated rings. The first-order valence-electron chi connectivity index (χ1n) is 6.71. The monoisotopic (exact) mass is 283 g/mol. The van der Waals surface area contributed by atoms with Crippen molar-refractivity contribution in [1.29, 1.82) is 0 Å². The Morgan fingerprint density at radius 3 is 2.67 bits per heavy atom. The van der Waals surface area contributed by atoms with Crippen LogP contribution >= 0.6 is 0 Å². The molecule has 1 aromatic heterocycles. The van der Waals surface area contributed by atoms with Gasteiger partial charge in [-0.2, -0.15) is 0 Å². The van der Waals surface area contributed by atoms with Gasteiger partial charge in [0, 0.05) is 24.6 Å². The van der Waals surface area contributed by atoms with E-state index in [0.717, 1.165) is 28.1 Å². The van der Waals surface area contributed by atoms with Crippen molar-refractivity contribution in [3.05, 3.63) is 54.2 Å². The molecule has 108 valence electrons. The zero-order valence-corrected chi connectivity index (χ0v) is 12.0. The third kappa shape index (κ3) is 2.65. The van der Waals surface area contributed by atoms with Crippen molar-refractivity contribution in [2.75, 3.05) is 7.11 Å². The van der Waals surface area contributed by atoms with Crippen LogP contribution in [0.4, 0.5) is 0 Å². The molecule has 21 heavy (non-hydrogen) atoms. The fourth-order valence-corrected chi connectivity index (χ4v) is 2.36. The summed E-state index contributed by atoms with van der Waals surface area (Å²) in [6.45, 7) is 0.457. The maximum absolute atomic E-state index is 9.57. The highest BCUT2D eigenvalue weighted by Crippen LogP contribution is 2.25. The molecule has 0 amide bonds. The van der Waals surface area contributed by atoms with Crippen LogP contribution in [0.1, 0.15) is 5.69 Å². The number of ether oxygens (including phenoxy) is 2. The van der Waals surface area contributed by atoms with Crippen LogP contribution in [-0.2, 0) is 13.7 Å². The zero-order valence-electron chi connectivity index (χ0n) is 12.0. The fourth-order valence-electron chi connectivity index (χ4n) is 2.36. The number of methoxy groups -OCH3 is 1. The van der Waals surface area contributed by atoms with Crippen LogP contribution in [-0.4, -0.2) is 16.8 Å². The first kappa shape index (κ1) is 13.4. The van der Waals surface area contributed by atoms with Crippen LogP contribution in [0, 0.1) is 0 Å². The maximum Gasteiger partial charge on any atom is 0.128 e. The number of rotatable bonds is 4. The fraction of sp³-hybridized carbons (Fsp3) is 0.176. The van der Waals surface area contributed by atoms with Gasteiger partial charge in [-0.25, -0.2) is 0 Å². The minimum Gasteiger partial charge on any atom is -0.508 e. The second-order valence-electron chi connectivity index (χ2n) is 4.91. The largest absolute Gasteiger partial charge is 0.508 e. The average molecular weight is 283 g/mol. The number of phenolic OH excluding ortho intramolecular Hbond substituents is 1. The number of benzene rings is 2. The van der Waals surface area contributed by atoms with Crippen molar-refractivity contribution in [3.63, 3.8) is 0 Å². The van der Waals surface area contributed by atoms with E-state index in [0.29, 0.717) is 6.61 Å². The van der Waals surface area contributed by atoms with Crippen molar-refractivity contribution >= 4 is 10.9 Å². The zero-order chi connectivity index (χ0) is 14.8. The molecule has 0 saturated carbocycles. The average Bonchev–Trinajstić information content (AvgIpc) is 2.82. The van der Waals surface area contributed by atoms with Crippen LogP contribution in [0.2, 0.25) is 0 Å². The van der Waals surface area contributed by atoms with Gasteiger partial charge in [-0.05, 0) is 30.3 Å². The van der Waals surface area contributed by atoms with E-state index in [1.807, 2.05) is 41.9 Å². The van der Waals surface area contributed by atoms with E-state index in [1.54, 1.807) is 19.2 Å². The molecule has 4 heteroatoms. The highest BCUT2D eigenvalue weighted by Gasteiger charge is 2.07. The summed E-state index contributed by atoms with van der Waals surface area (Å²) in [5.74, 6) is 1.81.